The van der Waals surface area contributed by atoms with Gasteiger partial charge >= 0.3 is 6.18 Å². The highest BCUT2D eigenvalue weighted by Gasteiger charge is 2.33. The lowest BCUT2D eigenvalue weighted by Gasteiger charge is -2.21. The second-order valence-corrected chi connectivity index (χ2v) is 5.67. The number of nitrogens with one attached hydrogen (secondary N) is 2. The van der Waals surface area contributed by atoms with Crippen LogP contribution in [-0.2, 0) is 6.18 Å². The first-order valence-corrected chi connectivity index (χ1v) is 7.51. The predicted molar refractivity (Wildman–Crippen MR) is 78.5 cm³/mol. The Balaban J connectivity index is 2.25. The molecule has 1 aromatic rings. The van der Waals surface area contributed by atoms with E-state index in [1.54, 1.807) is 0 Å². The number of rotatable bonds is 5. The highest BCUT2D eigenvalue weighted by atomic mass is 19.4. The van der Waals surface area contributed by atoms with Gasteiger partial charge in [-0.2, -0.15) is 13.2 Å². The first-order chi connectivity index (χ1) is 9.90. The minimum absolute atomic E-state index is 0.188. The second-order valence-electron chi connectivity index (χ2n) is 5.67. The fourth-order valence-electron chi connectivity index (χ4n) is 2.47. The maximum Gasteiger partial charge on any atom is 0.433 e. The Hall–Kier alpha value is -1.46. The molecule has 118 valence electrons. The molecule has 1 saturated carbocycles. The monoisotopic (exact) mass is 301 g/mol. The van der Waals surface area contributed by atoms with Gasteiger partial charge in [-0.1, -0.05) is 19.8 Å². The van der Waals surface area contributed by atoms with E-state index in [2.05, 4.69) is 15.6 Å². The summed E-state index contributed by atoms with van der Waals surface area (Å²) < 4.78 is 38.5. The number of nitrogens with zero attached hydrogens (tertiary/aromatic N) is 1. The van der Waals surface area contributed by atoms with E-state index in [-0.39, 0.29) is 12.1 Å². The van der Waals surface area contributed by atoms with Crippen molar-refractivity contribution >= 4 is 11.5 Å². The van der Waals surface area contributed by atoms with Crippen molar-refractivity contribution in [2.75, 3.05) is 10.6 Å². The van der Waals surface area contributed by atoms with Crippen molar-refractivity contribution < 1.29 is 13.2 Å². The van der Waals surface area contributed by atoms with E-state index in [1.807, 2.05) is 13.8 Å². The van der Waals surface area contributed by atoms with Gasteiger partial charge in [0.15, 0.2) is 0 Å². The Bertz CT molecular complexity index is 468. The number of alkyl halides is 3. The summed E-state index contributed by atoms with van der Waals surface area (Å²) in [4.78, 5) is 3.80. The lowest BCUT2D eigenvalue weighted by atomic mass is 10.2. The van der Waals surface area contributed by atoms with Crippen molar-refractivity contribution in [1.29, 1.82) is 0 Å². The first kappa shape index (κ1) is 15.9. The van der Waals surface area contributed by atoms with Crippen molar-refractivity contribution in [3.05, 3.63) is 17.8 Å². The van der Waals surface area contributed by atoms with E-state index in [0.717, 1.165) is 38.2 Å². The van der Waals surface area contributed by atoms with E-state index in [1.165, 1.54) is 6.07 Å². The molecule has 0 amide bonds. The molecule has 1 fully saturated rings. The van der Waals surface area contributed by atoms with Gasteiger partial charge in [0.1, 0.15) is 11.5 Å². The minimum Gasteiger partial charge on any atom is -0.380 e. The fraction of sp³-hybridized carbons (Fsp3) is 0.667. The minimum atomic E-state index is -4.42. The number of halogens is 3. The summed E-state index contributed by atoms with van der Waals surface area (Å²) in [5, 5.41) is 6.40. The predicted octanol–water partition coefficient (Wildman–Crippen LogP) is 4.67. The molecule has 2 rings (SSSR count). The zero-order chi connectivity index (χ0) is 15.5. The normalized spacial score (nSPS) is 17.8. The Morgan fingerprint density at radius 1 is 1.29 bits per heavy atom. The van der Waals surface area contributed by atoms with Crippen LogP contribution in [0.15, 0.2) is 12.1 Å². The number of hydrogen-bond acceptors (Lipinski definition) is 3. The molecule has 0 aliphatic heterocycles. The molecule has 1 atom stereocenters. The van der Waals surface area contributed by atoms with Crippen LogP contribution in [0, 0.1) is 0 Å². The summed E-state index contributed by atoms with van der Waals surface area (Å²) in [6.45, 7) is 4.02. The van der Waals surface area contributed by atoms with E-state index >= 15 is 0 Å². The Morgan fingerprint density at radius 3 is 2.52 bits per heavy atom. The standard InChI is InChI=1S/C15H22F3N3/c1-3-10(2)19-12-8-9-13(15(16,17)18)21-14(12)20-11-6-4-5-7-11/h8-11,19H,3-7H2,1-2H3,(H,20,21). The van der Waals surface area contributed by atoms with Gasteiger partial charge in [-0.15, -0.1) is 0 Å². The Kier molecular flexibility index (Phi) is 4.96. The maximum absolute atomic E-state index is 12.8. The summed E-state index contributed by atoms with van der Waals surface area (Å²) in [5.74, 6) is 0.317. The van der Waals surface area contributed by atoms with Crippen LogP contribution in [0.2, 0.25) is 0 Å². The van der Waals surface area contributed by atoms with Crippen molar-refractivity contribution in [2.45, 2.75) is 64.2 Å². The van der Waals surface area contributed by atoms with Crippen LogP contribution in [0.5, 0.6) is 0 Å². The quantitative estimate of drug-likeness (QED) is 0.830. The Morgan fingerprint density at radius 2 is 1.95 bits per heavy atom. The van der Waals surface area contributed by atoms with E-state index in [9.17, 15) is 13.2 Å². The third-order valence-electron chi connectivity index (χ3n) is 3.90. The lowest BCUT2D eigenvalue weighted by Crippen LogP contribution is -2.21. The zero-order valence-electron chi connectivity index (χ0n) is 12.4. The number of pyridine rings is 1. The molecule has 1 aliphatic rings. The molecule has 0 radical (unpaired) electrons. The van der Waals surface area contributed by atoms with Crippen molar-refractivity contribution in [3.8, 4) is 0 Å². The fourth-order valence-corrected chi connectivity index (χ4v) is 2.47. The van der Waals surface area contributed by atoms with Gasteiger partial charge in [-0.05, 0) is 38.3 Å². The molecule has 1 unspecified atom stereocenters. The zero-order valence-corrected chi connectivity index (χ0v) is 12.4. The van der Waals surface area contributed by atoms with Crippen LogP contribution < -0.4 is 10.6 Å². The van der Waals surface area contributed by atoms with Crippen LogP contribution in [0.1, 0.15) is 51.6 Å². The maximum atomic E-state index is 12.8. The molecule has 0 saturated heterocycles. The van der Waals surface area contributed by atoms with Gasteiger partial charge < -0.3 is 10.6 Å². The third-order valence-corrected chi connectivity index (χ3v) is 3.90. The highest BCUT2D eigenvalue weighted by molar-refractivity contribution is 5.65. The molecule has 21 heavy (non-hydrogen) atoms. The average molecular weight is 301 g/mol. The number of aromatic nitrogens is 1. The van der Waals surface area contributed by atoms with Gasteiger partial charge in [0.2, 0.25) is 0 Å². The summed E-state index contributed by atoms with van der Waals surface area (Å²) in [6, 6.07) is 2.91. The molecule has 6 heteroatoms. The summed E-state index contributed by atoms with van der Waals surface area (Å²) >= 11 is 0. The summed E-state index contributed by atoms with van der Waals surface area (Å²) in [7, 11) is 0. The topological polar surface area (TPSA) is 37.0 Å². The van der Waals surface area contributed by atoms with E-state index < -0.39 is 11.9 Å². The van der Waals surface area contributed by atoms with Gasteiger partial charge in [0.25, 0.3) is 0 Å². The van der Waals surface area contributed by atoms with Gasteiger partial charge in [-0.25, -0.2) is 4.98 Å². The molecule has 0 spiro atoms. The third kappa shape index (κ3) is 4.25. The van der Waals surface area contributed by atoms with Crippen LogP contribution in [-0.4, -0.2) is 17.1 Å². The molecule has 0 aromatic carbocycles. The largest absolute Gasteiger partial charge is 0.433 e. The molecule has 1 aliphatic carbocycles. The van der Waals surface area contributed by atoms with Crippen LogP contribution in [0.25, 0.3) is 0 Å². The van der Waals surface area contributed by atoms with Gasteiger partial charge in [0.05, 0.1) is 5.69 Å². The second kappa shape index (κ2) is 6.54. The summed E-state index contributed by atoms with van der Waals surface area (Å²) in [6.07, 6.45) is 0.682. The number of hydrogen-bond donors (Lipinski definition) is 2. The summed E-state index contributed by atoms with van der Waals surface area (Å²) in [5.41, 5.74) is -0.207. The van der Waals surface area contributed by atoms with E-state index in [0.29, 0.717) is 11.5 Å². The molecule has 1 aromatic heterocycles. The molecular formula is C15H22F3N3. The smallest absolute Gasteiger partial charge is 0.380 e. The van der Waals surface area contributed by atoms with Crippen molar-refractivity contribution in [3.63, 3.8) is 0 Å². The number of anilines is 2. The molecule has 0 bridgehead atoms. The highest BCUT2D eigenvalue weighted by Crippen LogP contribution is 2.33. The molecule has 2 N–H and O–H groups in total. The van der Waals surface area contributed by atoms with Gasteiger partial charge in [0, 0.05) is 12.1 Å². The van der Waals surface area contributed by atoms with Crippen LogP contribution in [0.4, 0.5) is 24.7 Å². The van der Waals surface area contributed by atoms with Gasteiger partial charge in [-0.3, -0.25) is 0 Å². The average Bonchev–Trinajstić information content (AvgIpc) is 2.92. The molecule has 1 heterocycles. The molecular weight excluding hydrogens is 279 g/mol. The van der Waals surface area contributed by atoms with Crippen molar-refractivity contribution in [2.24, 2.45) is 0 Å². The Labute approximate surface area is 123 Å². The van der Waals surface area contributed by atoms with Crippen LogP contribution >= 0.6 is 0 Å². The van der Waals surface area contributed by atoms with Crippen LogP contribution in [0.3, 0.4) is 0 Å². The lowest BCUT2D eigenvalue weighted by molar-refractivity contribution is -0.141. The SMILES string of the molecule is CCC(C)Nc1ccc(C(F)(F)F)nc1NC1CCCC1. The first-order valence-electron chi connectivity index (χ1n) is 7.51. The molecule has 3 nitrogen and oxygen atoms in total. The van der Waals surface area contributed by atoms with Crippen molar-refractivity contribution in [1.82, 2.24) is 4.98 Å². The van der Waals surface area contributed by atoms with E-state index in [4.69, 9.17) is 0 Å².